The lowest BCUT2D eigenvalue weighted by Crippen LogP contribution is -2.20. The number of aliphatic hydroxyl groups excluding tert-OH is 1. The maximum atomic E-state index is 11.3. The second kappa shape index (κ2) is 7.21. The number of hydrogen-bond donors (Lipinski definition) is 1. The monoisotopic (exact) mass is 359 g/mol. The Hall–Kier alpha value is -3.18. The lowest BCUT2D eigenvalue weighted by atomic mass is 9.95. The molecule has 5 nitrogen and oxygen atoms in total. The first-order chi connectivity index (χ1) is 13.2. The van der Waals surface area contributed by atoms with Gasteiger partial charge in [0, 0.05) is 0 Å². The maximum absolute atomic E-state index is 11.3. The number of aromatic nitrogens is 3. The van der Waals surface area contributed by atoms with Crippen molar-refractivity contribution >= 4 is 11.0 Å². The molecule has 0 radical (unpaired) electrons. The van der Waals surface area contributed by atoms with E-state index in [4.69, 9.17) is 4.74 Å². The molecule has 0 unspecified atom stereocenters. The SMILES string of the molecule is COc1ccc([C@H]([C@@H](O)c2ccc(C)cc2)n2nnc3ccccc32)cc1. The van der Waals surface area contributed by atoms with E-state index in [1.807, 2.05) is 79.7 Å². The lowest BCUT2D eigenvalue weighted by molar-refractivity contribution is 0.126. The summed E-state index contributed by atoms with van der Waals surface area (Å²) in [4.78, 5) is 0. The molecule has 1 aromatic heterocycles. The number of rotatable bonds is 5. The summed E-state index contributed by atoms with van der Waals surface area (Å²) in [5.41, 5.74) is 4.59. The van der Waals surface area contributed by atoms with Gasteiger partial charge in [0.05, 0.1) is 12.6 Å². The standard InChI is InChI=1S/C22H21N3O2/c1-15-7-9-17(10-8-15)22(26)21(16-11-13-18(27-2)14-12-16)25-20-6-4-3-5-19(20)23-24-25/h3-14,21-22,26H,1-2H3/t21-,22+/m1/s1. The van der Waals surface area contributed by atoms with E-state index in [1.165, 1.54) is 0 Å². The predicted octanol–water partition coefficient (Wildman–Crippen LogP) is 4.07. The predicted molar refractivity (Wildman–Crippen MR) is 105 cm³/mol. The Kier molecular flexibility index (Phi) is 4.60. The van der Waals surface area contributed by atoms with E-state index in [0.717, 1.165) is 33.5 Å². The van der Waals surface area contributed by atoms with Gasteiger partial charge in [-0.2, -0.15) is 0 Å². The zero-order chi connectivity index (χ0) is 18.8. The van der Waals surface area contributed by atoms with Crippen LogP contribution in [0.5, 0.6) is 5.75 Å². The van der Waals surface area contributed by atoms with Gasteiger partial charge < -0.3 is 9.84 Å². The molecule has 0 spiro atoms. The van der Waals surface area contributed by atoms with Crippen LogP contribution in [0.25, 0.3) is 11.0 Å². The van der Waals surface area contributed by atoms with Crippen LogP contribution in [0.15, 0.2) is 72.8 Å². The molecule has 0 bridgehead atoms. The molecular weight excluding hydrogens is 338 g/mol. The number of hydrogen-bond acceptors (Lipinski definition) is 4. The van der Waals surface area contributed by atoms with Gasteiger partial charge in [-0.05, 0) is 42.3 Å². The Labute approximate surface area is 157 Å². The van der Waals surface area contributed by atoms with Crippen molar-refractivity contribution in [2.75, 3.05) is 7.11 Å². The minimum Gasteiger partial charge on any atom is -0.497 e. The third-order valence-electron chi connectivity index (χ3n) is 4.82. The highest BCUT2D eigenvalue weighted by molar-refractivity contribution is 5.74. The van der Waals surface area contributed by atoms with E-state index < -0.39 is 12.1 Å². The summed E-state index contributed by atoms with van der Waals surface area (Å²) in [5, 5.41) is 19.9. The van der Waals surface area contributed by atoms with Crippen LogP contribution in [0.1, 0.15) is 28.8 Å². The molecule has 27 heavy (non-hydrogen) atoms. The minimum atomic E-state index is -0.774. The molecular formula is C22H21N3O2. The minimum absolute atomic E-state index is 0.411. The second-order valence-corrected chi connectivity index (χ2v) is 6.60. The topological polar surface area (TPSA) is 60.2 Å². The molecule has 0 fully saturated rings. The molecule has 5 heteroatoms. The summed E-state index contributed by atoms with van der Waals surface area (Å²) < 4.78 is 7.06. The fourth-order valence-electron chi connectivity index (χ4n) is 3.30. The normalized spacial score (nSPS) is 13.4. The van der Waals surface area contributed by atoms with Crippen LogP contribution in [0.2, 0.25) is 0 Å². The highest BCUT2D eigenvalue weighted by atomic mass is 16.5. The Morgan fingerprint density at radius 2 is 1.56 bits per heavy atom. The van der Waals surface area contributed by atoms with E-state index in [1.54, 1.807) is 11.8 Å². The second-order valence-electron chi connectivity index (χ2n) is 6.60. The average Bonchev–Trinajstić information content (AvgIpc) is 3.13. The largest absolute Gasteiger partial charge is 0.497 e. The highest BCUT2D eigenvalue weighted by Crippen LogP contribution is 2.34. The Balaban J connectivity index is 1.84. The third kappa shape index (κ3) is 3.29. The van der Waals surface area contributed by atoms with Crippen molar-refractivity contribution in [3.63, 3.8) is 0 Å². The number of ether oxygens (including phenoxy) is 1. The van der Waals surface area contributed by atoms with Gasteiger partial charge >= 0.3 is 0 Å². The molecule has 4 aromatic rings. The molecule has 0 aliphatic heterocycles. The molecule has 136 valence electrons. The molecule has 0 saturated heterocycles. The number of fused-ring (bicyclic) bond motifs is 1. The van der Waals surface area contributed by atoms with Crippen LogP contribution < -0.4 is 4.74 Å². The van der Waals surface area contributed by atoms with Crippen LogP contribution in [0, 0.1) is 6.92 Å². The number of aliphatic hydroxyl groups is 1. The van der Waals surface area contributed by atoms with Gasteiger partial charge in [0.1, 0.15) is 23.4 Å². The van der Waals surface area contributed by atoms with Crippen molar-refractivity contribution < 1.29 is 9.84 Å². The molecule has 1 N–H and O–H groups in total. The van der Waals surface area contributed by atoms with Crippen molar-refractivity contribution in [2.24, 2.45) is 0 Å². The van der Waals surface area contributed by atoms with Gasteiger partial charge in [0.25, 0.3) is 0 Å². The smallest absolute Gasteiger partial charge is 0.118 e. The van der Waals surface area contributed by atoms with E-state index >= 15 is 0 Å². The molecule has 0 saturated carbocycles. The lowest BCUT2D eigenvalue weighted by Gasteiger charge is -2.25. The highest BCUT2D eigenvalue weighted by Gasteiger charge is 2.27. The first-order valence-electron chi connectivity index (χ1n) is 8.86. The van der Waals surface area contributed by atoms with Gasteiger partial charge in [-0.25, -0.2) is 4.68 Å². The van der Waals surface area contributed by atoms with Gasteiger partial charge in [-0.3, -0.25) is 0 Å². The summed E-state index contributed by atoms with van der Waals surface area (Å²) in [6.45, 7) is 2.03. The summed E-state index contributed by atoms with van der Waals surface area (Å²) in [6, 6.07) is 23.0. The molecule has 3 aromatic carbocycles. The fraction of sp³-hybridized carbons (Fsp3) is 0.182. The Morgan fingerprint density at radius 1 is 0.889 bits per heavy atom. The molecule has 0 amide bonds. The number of aryl methyl sites for hydroxylation is 1. The van der Waals surface area contributed by atoms with Crippen LogP contribution in [-0.2, 0) is 0 Å². The van der Waals surface area contributed by atoms with Gasteiger partial charge in [0.15, 0.2) is 0 Å². The number of methoxy groups -OCH3 is 1. The molecule has 0 aliphatic rings. The molecule has 1 heterocycles. The van der Waals surface area contributed by atoms with Crippen molar-refractivity contribution in [2.45, 2.75) is 19.1 Å². The zero-order valence-electron chi connectivity index (χ0n) is 15.3. The van der Waals surface area contributed by atoms with Crippen LogP contribution in [0.3, 0.4) is 0 Å². The van der Waals surface area contributed by atoms with Gasteiger partial charge in [-0.1, -0.05) is 59.3 Å². The maximum Gasteiger partial charge on any atom is 0.118 e. The first-order valence-corrected chi connectivity index (χ1v) is 8.86. The van der Waals surface area contributed by atoms with Crippen molar-refractivity contribution in [3.8, 4) is 5.75 Å². The first kappa shape index (κ1) is 17.2. The van der Waals surface area contributed by atoms with Crippen molar-refractivity contribution in [3.05, 3.63) is 89.5 Å². The number of nitrogens with zero attached hydrogens (tertiary/aromatic N) is 3. The van der Waals surface area contributed by atoms with E-state index in [9.17, 15) is 5.11 Å². The van der Waals surface area contributed by atoms with Crippen molar-refractivity contribution in [1.29, 1.82) is 0 Å². The summed E-state index contributed by atoms with van der Waals surface area (Å²) in [6.07, 6.45) is -0.774. The molecule has 4 rings (SSSR count). The third-order valence-corrected chi connectivity index (χ3v) is 4.82. The average molecular weight is 359 g/mol. The summed E-state index contributed by atoms with van der Waals surface area (Å²) >= 11 is 0. The van der Waals surface area contributed by atoms with E-state index in [2.05, 4.69) is 10.3 Å². The Morgan fingerprint density at radius 3 is 2.26 bits per heavy atom. The zero-order valence-corrected chi connectivity index (χ0v) is 15.3. The molecule has 2 atom stereocenters. The van der Waals surface area contributed by atoms with E-state index in [-0.39, 0.29) is 0 Å². The van der Waals surface area contributed by atoms with Crippen LogP contribution >= 0.6 is 0 Å². The van der Waals surface area contributed by atoms with Gasteiger partial charge in [-0.15, -0.1) is 5.10 Å². The Bertz CT molecular complexity index is 1040. The summed E-state index contributed by atoms with van der Waals surface area (Å²) in [7, 11) is 1.64. The number of benzene rings is 3. The van der Waals surface area contributed by atoms with Gasteiger partial charge in [0.2, 0.25) is 0 Å². The fourth-order valence-corrected chi connectivity index (χ4v) is 3.30. The molecule has 0 aliphatic carbocycles. The van der Waals surface area contributed by atoms with E-state index in [0.29, 0.717) is 0 Å². The van der Waals surface area contributed by atoms with Crippen LogP contribution in [-0.4, -0.2) is 27.2 Å². The summed E-state index contributed by atoms with van der Waals surface area (Å²) in [5.74, 6) is 0.769. The number of para-hydroxylation sites is 1. The van der Waals surface area contributed by atoms with Crippen LogP contribution in [0.4, 0.5) is 0 Å². The van der Waals surface area contributed by atoms with Crippen molar-refractivity contribution in [1.82, 2.24) is 15.0 Å². The quantitative estimate of drug-likeness (QED) is 0.583.